The average molecular weight is 273 g/mol. The highest BCUT2D eigenvalue weighted by atomic mass is 32.2. The molecule has 2 atom stereocenters. The number of hydrogen-bond donors (Lipinski definition) is 1. The second-order valence-corrected chi connectivity index (χ2v) is 7.07. The van der Waals surface area contributed by atoms with Crippen molar-refractivity contribution < 1.29 is 8.42 Å². The van der Waals surface area contributed by atoms with E-state index in [2.05, 4.69) is 5.32 Å². The zero-order chi connectivity index (χ0) is 13.6. The SMILES string of the molecule is CCCCN(CC1CCCN1)S(=O)(=O)C(C)C#N. The predicted molar refractivity (Wildman–Crippen MR) is 71.5 cm³/mol. The Bertz CT molecular complexity index is 383. The summed E-state index contributed by atoms with van der Waals surface area (Å²) >= 11 is 0. The van der Waals surface area contributed by atoms with Gasteiger partial charge in [0.05, 0.1) is 6.07 Å². The lowest BCUT2D eigenvalue weighted by Crippen LogP contribution is -2.44. The zero-order valence-electron chi connectivity index (χ0n) is 11.2. The van der Waals surface area contributed by atoms with Gasteiger partial charge in [0.25, 0.3) is 0 Å². The van der Waals surface area contributed by atoms with E-state index < -0.39 is 15.3 Å². The molecular formula is C12H23N3O2S. The molecule has 1 heterocycles. The molecule has 6 heteroatoms. The van der Waals surface area contributed by atoms with E-state index in [1.807, 2.05) is 13.0 Å². The first-order valence-corrected chi connectivity index (χ1v) is 8.14. The van der Waals surface area contributed by atoms with Crippen LogP contribution in [-0.4, -0.2) is 43.6 Å². The minimum atomic E-state index is -3.48. The Kier molecular flexibility index (Phi) is 6.06. The zero-order valence-corrected chi connectivity index (χ0v) is 12.0. The molecule has 2 unspecified atom stereocenters. The van der Waals surface area contributed by atoms with E-state index in [9.17, 15) is 8.42 Å². The quantitative estimate of drug-likeness (QED) is 0.753. The van der Waals surface area contributed by atoms with Crippen molar-refractivity contribution >= 4 is 10.0 Å². The molecule has 0 amide bonds. The Hall–Kier alpha value is -0.640. The van der Waals surface area contributed by atoms with Gasteiger partial charge in [-0.15, -0.1) is 0 Å². The van der Waals surface area contributed by atoms with Crippen LogP contribution in [0.2, 0.25) is 0 Å². The molecule has 1 saturated heterocycles. The van der Waals surface area contributed by atoms with Crippen molar-refractivity contribution in [3.05, 3.63) is 0 Å². The second kappa shape index (κ2) is 7.07. The van der Waals surface area contributed by atoms with Gasteiger partial charge in [-0.1, -0.05) is 13.3 Å². The maximum Gasteiger partial charge on any atom is 0.230 e. The molecule has 18 heavy (non-hydrogen) atoms. The molecule has 1 fully saturated rings. The second-order valence-electron chi connectivity index (χ2n) is 4.82. The number of hydrogen-bond acceptors (Lipinski definition) is 4. The van der Waals surface area contributed by atoms with E-state index in [-0.39, 0.29) is 6.04 Å². The smallest absolute Gasteiger partial charge is 0.230 e. The van der Waals surface area contributed by atoms with Crippen LogP contribution >= 0.6 is 0 Å². The lowest BCUT2D eigenvalue weighted by Gasteiger charge is -2.26. The van der Waals surface area contributed by atoms with Crippen LogP contribution in [0.4, 0.5) is 0 Å². The van der Waals surface area contributed by atoms with Crippen LogP contribution in [0.1, 0.15) is 39.5 Å². The van der Waals surface area contributed by atoms with Crippen LogP contribution in [-0.2, 0) is 10.0 Å². The molecule has 1 aliphatic rings. The first-order valence-electron chi connectivity index (χ1n) is 6.64. The molecule has 0 saturated carbocycles. The summed E-state index contributed by atoms with van der Waals surface area (Å²) in [4.78, 5) is 0. The van der Waals surface area contributed by atoms with Gasteiger partial charge in [0, 0.05) is 19.1 Å². The fourth-order valence-corrected chi connectivity index (χ4v) is 3.46. The monoisotopic (exact) mass is 273 g/mol. The van der Waals surface area contributed by atoms with Crippen molar-refractivity contribution in [2.75, 3.05) is 19.6 Å². The predicted octanol–water partition coefficient (Wildman–Crippen LogP) is 1.08. The van der Waals surface area contributed by atoms with E-state index in [1.54, 1.807) is 0 Å². The molecule has 1 rings (SSSR count). The van der Waals surface area contributed by atoms with E-state index >= 15 is 0 Å². The molecule has 1 N–H and O–H groups in total. The van der Waals surface area contributed by atoms with Gasteiger partial charge in [-0.05, 0) is 32.7 Å². The van der Waals surface area contributed by atoms with Gasteiger partial charge in [-0.3, -0.25) is 0 Å². The summed E-state index contributed by atoms with van der Waals surface area (Å²) in [6.45, 7) is 5.46. The van der Waals surface area contributed by atoms with Crippen molar-refractivity contribution in [1.29, 1.82) is 5.26 Å². The van der Waals surface area contributed by atoms with Gasteiger partial charge >= 0.3 is 0 Å². The molecule has 1 aliphatic heterocycles. The first kappa shape index (κ1) is 15.4. The minimum absolute atomic E-state index is 0.238. The topological polar surface area (TPSA) is 73.2 Å². The molecule has 104 valence electrons. The van der Waals surface area contributed by atoms with Crippen LogP contribution in [0.3, 0.4) is 0 Å². The van der Waals surface area contributed by atoms with Crippen molar-refractivity contribution in [3.63, 3.8) is 0 Å². The van der Waals surface area contributed by atoms with Crippen molar-refractivity contribution in [1.82, 2.24) is 9.62 Å². The molecule has 0 radical (unpaired) electrons. The molecule has 0 aliphatic carbocycles. The maximum atomic E-state index is 12.2. The number of nitriles is 1. The minimum Gasteiger partial charge on any atom is -0.313 e. The summed E-state index contributed by atoms with van der Waals surface area (Å²) in [7, 11) is -3.48. The van der Waals surface area contributed by atoms with E-state index in [4.69, 9.17) is 5.26 Å². The van der Waals surface area contributed by atoms with E-state index in [0.717, 1.165) is 32.2 Å². The molecule has 0 spiro atoms. The number of unbranched alkanes of at least 4 members (excludes halogenated alkanes) is 1. The maximum absolute atomic E-state index is 12.2. The summed E-state index contributed by atoms with van der Waals surface area (Å²) in [5.41, 5.74) is 0. The Morgan fingerprint density at radius 1 is 1.56 bits per heavy atom. The lowest BCUT2D eigenvalue weighted by atomic mass is 10.2. The van der Waals surface area contributed by atoms with Crippen molar-refractivity contribution in [2.45, 2.75) is 50.8 Å². The van der Waals surface area contributed by atoms with Gasteiger partial charge in [0.2, 0.25) is 10.0 Å². The summed E-state index contributed by atoms with van der Waals surface area (Å²) in [6, 6.07) is 2.08. The van der Waals surface area contributed by atoms with E-state index in [1.165, 1.54) is 11.2 Å². The van der Waals surface area contributed by atoms with Crippen LogP contribution in [0.5, 0.6) is 0 Å². The largest absolute Gasteiger partial charge is 0.313 e. The molecular weight excluding hydrogens is 250 g/mol. The Morgan fingerprint density at radius 3 is 2.78 bits per heavy atom. The first-order chi connectivity index (χ1) is 8.52. The molecule has 0 aromatic rings. The number of sulfonamides is 1. The number of nitrogens with zero attached hydrogens (tertiary/aromatic N) is 2. The molecule has 0 aromatic heterocycles. The normalized spacial score (nSPS) is 22.0. The van der Waals surface area contributed by atoms with Gasteiger partial charge < -0.3 is 5.32 Å². The van der Waals surface area contributed by atoms with Crippen LogP contribution in [0, 0.1) is 11.3 Å². The van der Waals surface area contributed by atoms with Gasteiger partial charge in [0.1, 0.15) is 0 Å². The van der Waals surface area contributed by atoms with Gasteiger partial charge in [0.15, 0.2) is 5.25 Å². The Balaban J connectivity index is 2.73. The lowest BCUT2D eigenvalue weighted by molar-refractivity contribution is 0.362. The number of rotatable bonds is 7. The highest BCUT2D eigenvalue weighted by molar-refractivity contribution is 7.89. The van der Waals surface area contributed by atoms with Gasteiger partial charge in [-0.25, -0.2) is 8.42 Å². The fourth-order valence-electron chi connectivity index (χ4n) is 2.11. The Labute approximate surface area is 110 Å². The fraction of sp³-hybridized carbons (Fsp3) is 0.917. The summed E-state index contributed by atoms with van der Waals surface area (Å²) in [6.07, 6.45) is 3.90. The van der Waals surface area contributed by atoms with Gasteiger partial charge in [-0.2, -0.15) is 9.57 Å². The highest BCUT2D eigenvalue weighted by Gasteiger charge is 2.30. The summed E-state index contributed by atoms with van der Waals surface area (Å²) in [5, 5.41) is 11.2. The molecule has 0 bridgehead atoms. The average Bonchev–Trinajstić information content (AvgIpc) is 2.85. The van der Waals surface area contributed by atoms with Crippen molar-refractivity contribution in [3.8, 4) is 6.07 Å². The highest BCUT2D eigenvalue weighted by Crippen LogP contribution is 2.14. The molecule has 0 aromatic carbocycles. The van der Waals surface area contributed by atoms with Crippen molar-refractivity contribution in [2.24, 2.45) is 0 Å². The number of nitrogens with one attached hydrogen (secondary N) is 1. The van der Waals surface area contributed by atoms with Crippen LogP contribution in [0.25, 0.3) is 0 Å². The summed E-state index contributed by atoms with van der Waals surface area (Å²) in [5.74, 6) is 0. The standard InChI is InChI=1S/C12H23N3O2S/c1-3-4-8-15(10-12-6-5-7-14-12)18(16,17)11(2)9-13/h11-12,14H,3-8,10H2,1-2H3. The Morgan fingerprint density at radius 2 is 2.28 bits per heavy atom. The van der Waals surface area contributed by atoms with Crippen LogP contribution < -0.4 is 5.32 Å². The summed E-state index contributed by atoms with van der Waals surface area (Å²) < 4.78 is 26.0. The third-order valence-corrected chi connectivity index (χ3v) is 5.39. The molecule has 5 nitrogen and oxygen atoms in total. The van der Waals surface area contributed by atoms with Crippen LogP contribution in [0.15, 0.2) is 0 Å². The van der Waals surface area contributed by atoms with E-state index in [0.29, 0.717) is 13.1 Å². The third kappa shape index (κ3) is 3.94. The third-order valence-electron chi connectivity index (χ3n) is 3.34.